The molecule has 0 saturated carbocycles. The second-order valence-corrected chi connectivity index (χ2v) is 13.2. The topological polar surface area (TPSA) is 96.0 Å². The molecule has 0 saturated heterocycles. The van der Waals surface area contributed by atoms with Crippen molar-refractivity contribution in [2.75, 3.05) is 24.5 Å². The van der Waals surface area contributed by atoms with Gasteiger partial charge in [0.2, 0.25) is 11.8 Å². The zero-order valence-corrected chi connectivity index (χ0v) is 27.8. The number of methoxy groups -OCH3 is 1. The predicted molar refractivity (Wildman–Crippen MR) is 182 cm³/mol. The Morgan fingerprint density at radius 2 is 1.52 bits per heavy atom. The Kier molecular flexibility index (Phi) is 12.0. The summed E-state index contributed by atoms with van der Waals surface area (Å²) < 4.78 is 34.9. The Labute approximate surface area is 273 Å². The molecule has 46 heavy (non-hydrogen) atoms. The first kappa shape index (κ1) is 34.2. The van der Waals surface area contributed by atoms with E-state index in [9.17, 15) is 18.0 Å². The fraction of sp³-hybridized carbons (Fsp3) is 0.297. The third-order valence-corrected chi connectivity index (χ3v) is 9.55. The van der Waals surface area contributed by atoms with Crippen LogP contribution < -0.4 is 14.4 Å². The summed E-state index contributed by atoms with van der Waals surface area (Å²) in [6, 6.07) is 29.5. The van der Waals surface area contributed by atoms with E-state index in [1.165, 1.54) is 4.90 Å². The van der Waals surface area contributed by atoms with Crippen molar-refractivity contribution in [2.45, 2.75) is 57.5 Å². The molecule has 0 spiro atoms. The molecule has 0 heterocycles. The highest BCUT2D eigenvalue weighted by Gasteiger charge is 2.34. The molecule has 1 atom stereocenters. The largest absolute Gasteiger partial charge is 0.497 e. The van der Waals surface area contributed by atoms with Crippen molar-refractivity contribution in [1.29, 1.82) is 0 Å². The fourth-order valence-corrected chi connectivity index (χ4v) is 6.58. The lowest BCUT2D eigenvalue weighted by molar-refractivity contribution is -0.140. The maximum absolute atomic E-state index is 14.6. The number of unbranched alkanes of at least 4 members (excludes halogenated alkanes) is 1. The zero-order chi connectivity index (χ0) is 33.1. The quantitative estimate of drug-likeness (QED) is 0.159. The van der Waals surface area contributed by atoms with Crippen LogP contribution >= 0.6 is 0 Å². The number of carbonyl (C=O) groups excluding carboxylic acids is 2. The molecule has 0 bridgehead atoms. The minimum atomic E-state index is -4.16. The van der Waals surface area contributed by atoms with Gasteiger partial charge in [0.15, 0.2) is 0 Å². The normalized spacial score (nSPS) is 11.8. The lowest BCUT2D eigenvalue weighted by Crippen LogP contribution is -2.53. The van der Waals surface area contributed by atoms with Crippen molar-refractivity contribution in [3.8, 4) is 5.75 Å². The van der Waals surface area contributed by atoms with Crippen LogP contribution in [0.25, 0.3) is 0 Å². The van der Waals surface area contributed by atoms with E-state index in [0.717, 1.165) is 39.4 Å². The van der Waals surface area contributed by atoms with Gasteiger partial charge in [-0.25, -0.2) is 8.42 Å². The summed E-state index contributed by atoms with van der Waals surface area (Å²) in [7, 11) is -2.59. The van der Waals surface area contributed by atoms with Gasteiger partial charge in [-0.05, 0) is 73.4 Å². The van der Waals surface area contributed by atoms with Gasteiger partial charge in [-0.15, -0.1) is 0 Å². The van der Waals surface area contributed by atoms with Gasteiger partial charge in [0.05, 0.1) is 17.7 Å². The van der Waals surface area contributed by atoms with Crippen molar-refractivity contribution in [1.82, 2.24) is 10.2 Å². The molecule has 2 amide bonds. The third kappa shape index (κ3) is 8.97. The molecular formula is C37H43N3O5S. The van der Waals surface area contributed by atoms with Crippen LogP contribution in [0.15, 0.2) is 108 Å². The molecule has 0 aromatic heterocycles. The highest BCUT2D eigenvalue weighted by atomic mass is 32.2. The Hall–Kier alpha value is -4.63. The molecule has 0 fully saturated rings. The molecule has 0 aliphatic rings. The summed E-state index contributed by atoms with van der Waals surface area (Å²) in [5.41, 5.74) is 3.75. The molecule has 9 heteroatoms. The van der Waals surface area contributed by atoms with Crippen LogP contribution in [0.4, 0.5) is 5.69 Å². The van der Waals surface area contributed by atoms with Crippen molar-refractivity contribution in [3.63, 3.8) is 0 Å². The van der Waals surface area contributed by atoms with Gasteiger partial charge < -0.3 is 15.0 Å². The number of rotatable bonds is 15. The lowest BCUT2D eigenvalue weighted by Gasteiger charge is -2.34. The fourth-order valence-electron chi connectivity index (χ4n) is 5.18. The Morgan fingerprint density at radius 1 is 0.826 bits per heavy atom. The Morgan fingerprint density at radius 3 is 2.20 bits per heavy atom. The maximum Gasteiger partial charge on any atom is 0.264 e. The van der Waals surface area contributed by atoms with E-state index in [2.05, 4.69) is 5.32 Å². The number of amides is 2. The van der Waals surface area contributed by atoms with Crippen molar-refractivity contribution >= 4 is 27.5 Å². The number of hydrogen-bond acceptors (Lipinski definition) is 5. The molecule has 1 N–H and O–H groups in total. The van der Waals surface area contributed by atoms with E-state index in [-0.39, 0.29) is 23.8 Å². The molecule has 0 radical (unpaired) electrons. The van der Waals surface area contributed by atoms with Crippen LogP contribution in [0, 0.1) is 13.8 Å². The summed E-state index contributed by atoms with van der Waals surface area (Å²) in [6.07, 6.45) is 1.95. The number of nitrogens with zero attached hydrogens (tertiary/aromatic N) is 2. The van der Waals surface area contributed by atoms with Crippen LogP contribution in [0.2, 0.25) is 0 Å². The number of carbonyl (C=O) groups is 2. The smallest absolute Gasteiger partial charge is 0.264 e. The number of nitrogens with one attached hydrogen (secondary N) is 1. The Balaban J connectivity index is 1.80. The van der Waals surface area contributed by atoms with E-state index in [4.69, 9.17) is 4.74 Å². The number of benzene rings is 4. The zero-order valence-electron chi connectivity index (χ0n) is 27.0. The second-order valence-electron chi connectivity index (χ2n) is 11.4. The number of anilines is 1. The first-order valence-electron chi connectivity index (χ1n) is 15.5. The summed E-state index contributed by atoms with van der Waals surface area (Å²) in [5.74, 6) is -0.191. The minimum Gasteiger partial charge on any atom is -0.497 e. The molecule has 4 rings (SSSR count). The molecule has 4 aromatic rings. The van der Waals surface area contributed by atoms with E-state index in [1.807, 2.05) is 81.4 Å². The van der Waals surface area contributed by atoms with Gasteiger partial charge in [-0.2, -0.15) is 0 Å². The second kappa shape index (κ2) is 16.1. The number of sulfonamides is 1. The molecule has 0 aliphatic carbocycles. The first-order valence-corrected chi connectivity index (χ1v) is 17.0. The van der Waals surface area contributed by atoms with E-state index in [1.54, 1.807) is 49.6 Å². The van der Waals surface area contributed by atoms with Crippen LogP contribution in [-0.2, 0) is 32.6 Å². The standard InChI is InChI=1S/C37H43N3O5S/c1-5-6-22-38-37(42)35(25-30-13-8-7-9-14-30)39(26-31-15-11-17-33(24-31)45-4)36(41)27-40(32-16-10-12-29(3)23-32)46(43,44)34-20-18-28(2)19-21-34/h7-21,23-24,35H,5-6,22,25-27H2,1-4H3,(H,38,42)/t35-/m0/s1. The van der Waals surface area contributed by atoms with Crippen molar-refractivity contribution in [3.05, 3.63) is 125 Å². The number of aryl methyl sites for hydroxylation is 2. The first-order chi connectivity index (χ1) is 22.1. The molecular weight excluding hydrogens is 598 g/mol. The van der Waals surface area contributed by atoms with Gasteiger partial charge in [0.25, 0.3) is 10.0 Å². The van der Waals surface area contributed by atoms with Gasteiger partial charge in [-0.1, -0.05) is 85.6 Å². The highest BCUT2D eigenvalue weighted by Crippen LogP contribution is 2.26. The highest BCUT2D eigenvalue weighted by molar-refractivity contribution is 7.92. The average Bonchev–Trinajstić information content (AvgIpc) is 3.05. The van der Waals surface area contributed by atoms with Gasteiger partial charge in [0, 0.05) is 19.5 Å². The lowest BCUT2D eigenvalue weighted by atomic mass is 10.0. The SMILES string of the molecule is CCCCNC(=O)[C@H](Cc1ccccc1)N(Cc1cccc(OC)c1)C(=O)CN(c1cccc(C)c1)S(=O)(=O)c1ccc(C)cc1. The average molecular weight is 642 g/mol. The summed E-state index contributed by atoms with van der Waals surface area (Å²) in [5, 5.41) is 3.01. The Bertz CT molecular complexity index is 1710. The van der Waals surface area contributed by atoms with E-state index >= 15 is 0 Å². The van der Waals surface area contributed by atoms with Gasteiger partial charge in [0.1, 0.15) is 18.3 Å². The van der Waals surface area contributed by atoms with Crippen molar-refractivity contribution in [2.24, 2.45) is 0 Å². The molecule has 242 valence electrons. The number of hydrogen-bond donors (Lipinski definition) is 1. The van der Waals surface area contributed by atoms with Crippen LogP contribution in [0.3, 0.4) is 0 Å². The van der Waals surface area contributed by atoms with Crippen LogP contribution in [0.1, 0.15) is 42.0 Å². The molecule has 0 unspecified atom stereocenters. The van der Waals surface area contributed by atoms with Gasteiger partial charge in [-0.3, -0.25) is 13.9 Å². The van der Waals surface area contributed by atoms with Crippen LogP contribution in [0.5, 0.6) is 5.75 Å². The molecule has 4 aromatic carbocycles. The van der Waals surface area contributed by atoms with Crippen LogP contribution in [-0.4, -0.2) is 51.4 Å². The summed E-state index contributed by atoms with van der Waals surface area (Å²) in [4.78, 5) is 30.0. The predicted octanol–water partition coefficient (Wildman–Crippen LogP) is 6.06. The molecule has 8 nitrogen and oxygen atoms in total. The van der Waals surface area contributed by atoms with E-state index in [0.29, 0.717) is 18.0 Å². The van der Waals surface area contributed by atoms with Gasteiger partial charge >= 0.3 is 0 Å². The third-order valence-electron chi connectivity index (χ3n) is 7.77. The molecule has 0 aliphatic heterocycles. The summed E-state index contributed by atoms with van der Waals surface area (Å²) in [6.45, 7) is 5.83. The van der Waals surface area contributed by atoms with Crippen molar-refractivity contribution < 1.29 is 22.7 Å². The maximum atomic E-state index is 14.6. The summed E-state index contributed by atoms with van der Waals surface area (Å²) >= 11 is 0. The monoisotopic (exact) mass is 641 g/mol. The minimum absolute atomic E-state index is 0.0704. The number of ether oxygens (including phenoxy) is 1. The van der Waals surface area contributed by atoms with E-state index < -0.39 is 28.5 Å².